The first-order valence-electron chi connectivity index (χ1n) is 4.45. The molecule has 1 aliphatic carbocycles. The van der Waals surface area contributed by atoms with Crippen LogP contribution in [0, 0.1) is 5.92 Å². The molecule has 0 aromatic heterocycles. The standard InChI is InChI=1S/C10H16O2/c1-4-10(11)8-5-9(6-8)12-7(2)3/h4,7-9H,1,5-6H2,2-3H3. The Kier molecular flexibility index (Phi) is 3.04. The van der Waals surface area contributed by atoms with Crippen molar-refractivity contribution in [2.24, 2.45) is 5.92 Å². The highest BCUT2D eigenvalue weighted by atomic mass is 16.5. The average molecular weight is 168 g/mol. The molecule has 0 atom stereocenters. The molecule has 0 heterocycles. The van der Waals surface area contributed by atoms with Crippen LogP contribution in [0.25, 0.3) is 0 Å². The second kappa shape index (κ2) is 3.85. The average Bonchev–Trinajstić information content (AvgIpc) is 1.94. The van der Waals surface area contributed by atoms with Gasteiger partial charge in [-0.3, -0.25) is 4.79 Å². The molecular weight excluding hydrogens is 152 g/mol. The van der Waals surface area contributed by atoms with E-state index < -0.39 is 0 Å². The number of hydrogen-bond donors (Lipinski definition) is 0. The largest absolute Gasteiger partial charge is 0.376 e. The van der Waals surface area contributed by atoms with Crippen LogP contribution in [0.5, 0.6) is 0 Å². The fourth-order valence-electron chi connectivity index (χ4n) is 1.46. The van der Waals surface area contributed by atoms with Crippen molar-refractivity contribution >= 4 is 5.78 Å². The molecule has 0 aliphatic heterocycles. The minimum atomic E-state index is 0.165. The summed E-state index contributed by atoms with van der Waals surface area (Å²) in [5.41, 5.74) is 0. The number of ether oxygens (including phenoxy) is 1. The second-order valence-corrected chi connectivity index (χ2v) is 3.58. The van der Waals surface area contributed by atoms with Gasteiger partial charge in [0.2, 0.25) is 0 Å². The van der Waals surface area contributed by atoms with Crippen LogP contribution in [0.1, 0.15) is 26.7 Å². The summed E-state index contributed by atoms with van der Waals surface area (Å²) < 4.78 is 5.52. The maximum absolute atomic E-state index is 11.1. The van der Waals surface area contributed by atoms with Gasteiger partial charge < -0.3 is 4.74 Å². The highest BCUT2D eigenvalue weighted by molar-refractivity contribution is 5.91. The lowest BCUT2D eigenvalue weighted by Crippen LogP contribution is -2.37. The first-order chi connectivity index (χ1) is 5.63. The van der Waals surface area contributed by atoms with Crippen LogP contribution in [0.2, 0.25) is 0 Å². The van der Waals surface area contributed by atoms with Crippen molar-refractivity contribution < 1.29 is 9.53 Å². The molecule has 0 unspecified atom stereocenters. The van der Waals surface area contributed by atoms with E-state index in [-0.39, 0.29) is 17.8 Å². The first-order valence-corrected chi connectivity index (χ1v) is 4.45. The maximum Gasteiger partial charge on any atom is 0.158 e. The van der Waals surface area contributed by atoms with Gasteiger partial charge in [-0.1, -0.05) is 6.58 Å². The Hall–Kier alpha value is -0.630. The van der Waals surface area contributed by atoms with E-state index in [0.29, 0.717) is 6.10 Å². The predicted octanol–water partition coefficient (Wildman–Crippen LogP) is 1.95. The van der Waals surface area contributed by atoms with E-state index >= 15 is 0 Å². The smallest absolute Gasteiger partial charge is 0.158 e. The zero-order valence-electron chi connectivity index (χ0n) is 7.75. The molecule has 0 aromatic rings. The number of ketones is 1. The summed E-state index contributed by atoms with van der Waals surface area (Å²) in [6, 6.07) is 0. The first kappa shape index (κ1) is 9.46. The Morgan fingerprint density at radius 2 is 2.17 bits per heavy atom. The molecule has 12 heavy (non-hydrogen) atoms. The van der Waals surface area contributed by atoms with Crippen molar-refractivity contribution in [2.45, 2.75) is 38.9 Å². The van der Waals surface area contributed by atoms with Crippen LogP contribution in [-0.2, 0) is 9.53 Å². The van der Waals surface area contributed by atoms with E-state index in [4.69, 9.17) is 4.74 Å². The van der Waals surface area contributed by atoms with Gasteiger partial charge in [-0.2, -0.15) is 0 Å². The van der Waals surface area contributed by atoms with E-state index in [0.717, 1.165) is 12.8 Å². The Labute approximate surface area is 73.6 Å². The summed E-state index contributed by atoms with van der Waals surface area (Å²) in [6.45, 7) is 7.49. The molecule has 0 bridgehead atoms. The molecule has 2 heteroatoms. The van der Waals surface area contributed by atoms with Crippen LogP contribution in [-0.4, -0.2) is 18.0 Å². The molecule has 68 valence electrons. The lowest BCUT2D eigenvalue weighted by atomic mass is 9.79. The molecule has 0 spiro atoms. The van der Waals surface area contributed by atoms with Gasteiger partial charge in [-0.05, 0) is 32.8 Å². The summed E-state index contributed by atoms with van der Waals surface area (Å²) in [6.07, 6.45) is 3.75. The van der Waals surface area contributed by atoms with Crippen molar-refractivity contribution in [2.75, 3.05) is 0 Å². The normalized spacial score (nSPS) is 28.2. The topological polar surface area (TPSA) is 26.3 Å². The monoisotopic (exact) mass is 168 g/mol. The molecular formula is C10H16O2. The number of hydrogen-bond acceptors (Lipinski definition) is 2. The highest BCUT2D eigenvalue weighted by Crippen LogP contribution is 2.31. The van der Waals surface area contributed by atoms with Crippen molar-refractivity contribution in [1.29, 1.82) is 0 Å². The van der Waals surface area contributed by atoms with Gasteiger partial charge in [0, 0.05) is 5.92 Å². The molecule has 0 radical (unpaired) electrons. The minimum absolute atomic E-state index is 0.165. The predicted molar refractivity (Wildman–Crippen MR) is 47.9 cm³/mol. The minimum Gasteiger partial charge on any atom is -0.376 e. The molecule has 1 aliphatic rings. The Morgan fingerprint density at radius 3 is 2.58 bits per heavy atom. The van der Waals surface area contributed by atoms with Crippen molar-refractivity contribution in [3.05, 3.63) is 12.7 Å². The highest BCUT2D eigenvalue weighted by Gasteiger charge is 2.33. The fourth-order valence-corrected chi connectivity index (χ4v) is 1.46. The number of allylic oxidation sites excluding steroid dienone is 1. The van der Waals surface area contributed by atoms with E-state index in [1.54, 1.807) is 0 Å². The van der Waals surface area contributed by atoms with Gasteiger partial charge in [-0.15, -0.1) is 0 Å². The molecule has 0 saturated heterocycles. The van der Waals surface area contributed by atoms with Gasteiger partial charge >= 0.3 is 0 Å². The van der Waals surface area contributed by atoms with E-state index in [9.17, 15) is 4.79 Å². The third kappa shape index (κ3) is 2.18. The molecule has 0 amide bonds. The lowest BCUT2D eigenvalue weighted by Gasteiger charge is -2.34. The molecule has 2 nitrogen and oxygen atoms in total. The summed E-state index contributed by atoms with van der Waals surface area (Å²) in [5.74, 6) is 0.352. The van der Waals surface area contributed by atoms with E-state index in [1.165, 1.54) is 6.08 Å². The molecule has 1 saturated carbocycles. The lowest BCUT2D eigenvalue weighted by molar-refractivity contribution is -0.129. The summed E-state index contributed by atoms with van der Waals surface area (Å²) in [7, 11) is 0. The maximum atomic E-state index is 11.1. The summed E-state index contributed by atoms with van der Waals surface area (Å²) in [4.78, 5) is 11.1. The van der Waals surface area contributed by atoms with Crippen LogP contribution in [0.3, 0.4) is 0 Å². The van der Waals surface area contributed by atoms with Gasteiger partial charge in [-0.25, -0.2) is 0 Å². The van der Waals surface area contributed by atoms with Crippen molar-refractivity contribution in [3.8, 4) is 0 Å². The number of carbonyl (C=O) groups excluding carboxylic acids is 1. The van der Waals surface area contributed by atoms with E-state index in [1.807, 2.05) is 13.8 Å². The van der Waals surface area contributed by atoms with Gasteiger partial charge in [0.25, 0.3) is 0 Å². The van der Waals surface area contributed by atoms with Gasteiger partial charge in [0.1, 0.15) is 0 Å². The summed E-state index contributed by atoms with van der Waals surface area (Å²) in [5, 5.41) is 0. The number of carbonyl (C=O) groups is 1. The van der Waals surface area contributed by atoms with Crippen LogP contribution in [0.15, 0.2) is 12.7 Å². The van der Waals surface area contributed by atoms with Gasteiger partial charge in [0.15, 0.2) is 5.78 Å². The van der Waals surface area contributed by atoms with Gasteiger partial charge in [0.05, 0.1) is 12.2 Å². The zero-order valence-corrected chi connectivity index (χ0v) is 7.75. The zero-order chi connectivity index (χ0) is 9.14. The van der Waals surface area contributed by atoms with E-state index in [2.05, 4.69) is 6.58 Å². The van der Waals surface area contributed by atoms with Crippen LogP contribution in [0.4, 0.5) is 0 Å². The van der Waals surface area contributed by atoms with Crippen molar-refractivity contribution in [1.82, 2.24) is 0 Å². The molecule has 0 N–H and O–H groups in total. The van der Waals surface area contributed by atoms with Crippen LogP contribution >= 0.6 is 0 Å². The SMILES string of the molecule is C=CC(=O)C1CC(OC(C)C)C1. The number of rotatable bonds is 4. The molecule has 1 fully saturated rings. The Morgan fingerprint density at radius 1 is 1.58 bits per heavy atom. The third-order valence-electron chi connectivity index (χ3n) is 2.16. The summed E-state index contributed by atoms with van der Waals surface area (Å²) >= 11 is 0. The Bertz CT molecular complexity index is 178. The molecule has 1 rings (SSSR count). The fraction of sp³-hybridized carbons (Fsp3) is 0.700. The second-order valence-electron chi connectivity index (χ2n) is 3.58. The third-order valence-corrected chi connectivity index (χ3v) is 2.16. The van der Waals surface area contributed by atoms with Crippen LogP contribution < -0.4 is 0 Å². The molecule has 0 aromatic carbocycles. The van der Waals surface area contributed by atoms with Crippen molar-refractivity contribution in [3.63, 3.8) is 0 Å². The quantitative estimate of drug-likeness (QED) is 0.600. The Balaban J connectivity index is 2.19.